The summed E-state index contributed by atoms with van der Waals surface area (Å²) in [5, 5.41) is 6.70. The molecule has 1 aliphatic heterocycles. The third-order valence-electron chi connectivity index (χ3n) is 4.74. The van der Waals surface area contributed by atoms with Crippen LogP contribution in [0.2, 0.25) is 0 Å². The highest BCUT2D eigenvalue weighted by atomic mass is 19.1. The van der Waals surface area contributed by atoms with Gasteiger partial charge in [0.1, 0.15) is 23.8 Å². The molecule has 26 heavy (non-hydrogen) atoms. The molecule has 8 heteroatoms. The minimum atomic E-state index is -0.464. The Morgan fingerprint density at radius 2 is 2.15 bits per heavy atom. The van der Waals surface area contributed by atoms with Gasteiger partial charge in [-0.15, -0.1) is 0 Å². The number of nitrogens with zero attached hydrogens (tertiary/aromatic N) is 4. The van der Waals surface area contributed by atoms with Gasteiger partial charge in [0.15, 0.2) is 0 Å². The van der Waals surface area contributed by atoms with Crippen molar-refractivity contribution in [1.82, 2.24) is 19.9 Å². The van der Waals surface area contributed by atoms with Gasteiger partial charge < -0.3 is 10.2 Å². The van der Waals surface area contributed by atoms with Crippen molar-refractivity contribution in [1.29, 1.82) is 0 Å². The molecule has 0 saturated carbocycles. The number of benzene rings is 1. The molecule has 0 aliphatic carbocycles. The molecule has 1 aromatic carbocycles. The number of aromatic nitrogens is 3. The first-order chi connectivity index (χ1) is 12.6. The number of halogens is 2. The minimum absolute atomic E-state index is 0.244. The average molecular weight is 357 g/mol. The molecule has 0 unspecified atom stereocenters. The van der Waals surface area contributed by atoms with Gasteiger partial charge in [-0.3, -0.25) is 4.79 Å². The summed E-state index contributed by atoms with van der Waals surface area (Å²) in [7, 11) is 1.55. The first kappa shape index (κ1) is 16.4. The van der Waals surface area contributed by atoms with Crippen LogP contribution >= 0.6 is 0 Å². The molecule has 3 aromatic rings. The third kappa shape index (κ3) is 2.67. The zero-order valence-electron chi connectivity index (χ0n) is 14.1. The van der Waals surface area contributed by atoms with Crippen LogP contribution in [-0.2, 0) is 0 Å². The summed E-state index contributed by atoms with van der Waals surface area (Å²) >= 11 is 0. The lowest BCUT2D eigenvalue weighted by molar-refractivity contribution is 0.0964. The molecular formula is C18H17F2N5O. The summed E-state index contributed by atoms with van der Waals surface area (Å²) in [6.45, 7) is 0.674. The molecule has 1 N–H and O–H groups in total. The number of amides is 1. The fourth-order valence-corrected chi connectivity index (χ4v) is 3.48. The maximum atomic E-state index is 14.2. The van der Waals surface area contributed by atoms with Crippen molar-refractivity contribution in [2.45, 2.75) is 18.9 Å². The maximum absolute atomic E-state index is 14.2. The normalized spacial score (nSPS) is 17.0. The summed E-state index contributed by atoms with van der Waals surface area (Å²) in [5.41, 5.74) is 1.37. The molecule has 0 radical (unpaired) electrons. The zero-order valence-corrected chi connectivity index (χ0v) is 14.1. The molecule has 1 amide bonds. The van der Waals surface area contributed by atoms with E-state index in [0.717, 1.165) is 18.6 Å². The molecule has 6 nitrogen and oxygen atoms in total. The van der Waals surface area contributed by atoms with Gasteiger partial charge in [0.25, 0.3) is 5.91 Å². The zero-order chi connectivity index (χ0) is 18.3. The van der Waals surface area contributed by atoms with E-state index < -0.39 is 11.6 Å². The van der Waals surface area contributed by atoms with Crippen molar-refractivity contribution >= 4 is 17.2 Å². The molecule has 1 fully saturated rings. The Labute approximate surface area is 148 Å². The molecular weight excluding hydrogens is 340 g/mol. The Balaban J connectivity index is 1.76. The Bertz CT molecular complexity index is 987. The number of anilines is 1. The van der Waals surface area contributed by atoms with Crippen molar-refractivity contribution in [3.8, 4) is 0 Å². The molecule has 1 aliphatic rings. The topological polar surface area (TPSA) is 62.5 Å². The molecule has 2 aromatic heterocycles. The van der Waals surface area contributed by atoms with Gasteiger partial charge in [-0.1, -0.05) is 0 Å². The van der Waals surface area contributed by atoms with E-state index in [1.807, 2.05) is 4.90 Å². The number of hydrogen-bond acceptors (Lipinski definition) is 4. The Morgan fingerprint density at radius 3 is 2.96 bits per heavy atom. The largest absolute Gasteiger partial charge is 0.355 e. The second-order valence-electron chi connectivity index (χ2n) is 6.23. The molecule has 4 rings (SSSR count). The second kappa shape index (κ2) is 6.36. The second-order valence-corrected chi connectivity index (χ2v) is 6.23. The Kier molecular flexibility index (Phi) is 4.02. The third-order valence-corrected chi connectivity index (χ3v) is 4.74. The van der Waals surface area contributed by atoms with Gasteiger partial charge in [0.05, 0.1) is 23.3 Å². The predicted octanol–water partition coefficient (Wildman–Crippen LogP) is 2.71. The quantitative estimate of drug-likeness (QED) is 0.783. The van der Waals surface area contributed by atoms with Crippen molar-refractivity contribution in [2.75, 3.05) is 18.5 Å². The highest BCUT2D eigenvalue weighted by Crippen LogP contribution is 2.37. The van der Waals surface area contributed by atoms with E-state index in [9.17, 15) is 13.6 Å². The molecule has 3 heterocycles. The van der Waals surface area contributed by atoms with Gasteiger partial charge in [0.2, 0.25) is 0 Å². The number of nitrogens with one attached hydrogen (secondary N) is 1. The number of carbonyl (C=O) groups is 1. The first-order valence-corrected chi connectivity index (χ1v) is 8.35. The van der Waals surface area contributed by atoms with Crippen molar-refractivity contribution in [2.24, 2.45) is 0 Å². The van der Waals surface area contributed by atoms with Crippen molar-refractivity contribution < 1.29 is 13.6 Å². The lowest BCUT2D eigenvalue weighted by Gasteiger charge is -2.26. The van der Waals surface area contributed by atoms with Crippen LogP contribution < -0.4 is 10.2 Å². The summed E-state index contributed by atoms with van der Waals surface area (Å²) in [5.74, 6) is -0.533. The SMILES string of the molecule is CNC(=O)c1cnn2cnc(N3CCC[C@@H]3c3cc(F)ccc3F)cc12. The van der Waals surface area contributed by atoms with Crippen LogP contribution in [-0.4, -0.2) is 34.1 Å². The number of carbonyl (C=O) groups excluding carboxylic acids is 1. The van der Waals surface area contributed by atoms with E-state index in [1.165, 1.54) is 23.1 Å². The van der Waals surface area contributed by atoms with E-state index in [4.69, 9.17) is 0 Å². The number of fused-ring (bicyclic) bond motifs is 1. The summed E-state index contributed by atoms with van der Waals surface area (Å²) in [6, 6.07) is 4.97. The van der Waals surface area contributed by atoms with Gasteiger partial charge in [-0.05, 0) is 31.0 Å². The molecule has 1 saturated heterocycles. The molecule has 0 spiro atoms. The van der Waals surface area contributed by atoms with Crippen LogP contribution in [0.25, 0.3) is 5.52 Å². The van der Waals surface area contributed by atoms with E-state index in [1.54, 1.807) is 13.1 Å². The molecule has 0 bridgehead atoms. The van der Waals surface area contributed by atoms with Crippen LogP contribution in [0.3, 0.4) is 0 Å². The number of rotatable bonds is 3. The fourth-order valence-electron chi connectivity index (χ4n) is 3.48. The fraction of sp³-hybridized carbons (Fsp3) is 0.278. The molecule has 1 atom stereocenters. The van der Waals surface area contributed by atoms with E-state index in [2.05, 4.69) is 15.4 Å². The van der Waals surface area contributed by atoms with Gasteiger partial charge in [-0.25, -0.2) is 18.3 Å². The van der Waals surface area contributed by atoms with Crippen LogP contribution in [0.1, 0.15) is 34.8 Å². The monoisotopic (exact) mass is 357 g/mol. The maximum Gasteiger partial charge on any atom is 0.254 e. The highest BCUT2D eigenvalue weighted by molar-refractivity contribution is 6.00. The van der Waals surface area contributed by atoms with Gasteiger partial charge in [0, 0.05) is 25.2 Å². The van der Waals surface area contributed by atoms with E-state index >= 15 is 0 Å². The van der Waals surface area contributed by atoms with E-state index in [-0.39, 0.29) is 11.9 Å². The smallest absolute Gasteiger partial charge is 0.254 e. The van der Waals surface area contributed by atoms with Gasteiger partial charge in [-0.2, -0.15) is 5.10 Å². The predicted molar refractivity (Wildman–Crippen MR) is 92.1 cm³/mol. The lowest BCUT2D eigenvalue weighted by Crippen LogP contribution is -2.24. The number of hydrogen-bond donors (Lipinski definition) is 1. The van der Waals surface area contributed by atoms with Crippen LogP contribution in [0.15, 0.2) is 36.8 Å². The standard InChI is InChI=1S/C18H17F2N5O/c1-21-18(26)13-9-23-25-10-22-17(8-16(13)25)24-6-2-3-15(24)12-7-11(19)4-5-14(12)20/h4-5,7-10,15H,2-3,6H2,1H3,(H,21,26)/t15-/m1/s1. The summed E-state index contributed by atoms with van der Waals surface area (Å²) < 4.78 is 29.4. The molecule has 134 valence electrons. The summed E-state index contributed by atoms with van der Waals surface area (Å²) in [4.78, 5) is 18.3. The van der Waals surface area contributed by atoms with Crippen LogP contribution in [0.5, 0.6) is 0 Å². The van der Waals surface area contributed by atoms with Crippen molar-refractivity contribution in [3.63, 3.8) is 0 Å². The summed E-state index contributed by atoms with van der Waals surface area (Å²) in [6.07, 6.45) is 4.55. The van der Waals surface area contributed by atoms with Crippen LogP contribution in [0, 0.1) is 11.6 Å². The van der Waals surface area contributed by atoms with Crippen LogP contribution in [0.4, 0.5) is 14.6 Å². The Hall–Kier alpha value is -3.03. The first-order valence-electron chi connectivity index (χ1n) is 8.35. The minimum Gasteiger partial charge on any atom is -0.355 e. The average Bonchev–Trinajstić information content (AvgIpc) is 3.29. The Morgan fingerprint density at radius 1 is 1.31 bits per heavy atom. The van der Waals surface area contributed by atoms with Gasteiger partial charge >= 0.3 is 0 Å². The van der Waals surface area contributed by atoms with Crippen molar-refractivity contribution in [3.05, 3.63) is 59.6 Å². The lowest BCUT2D eigenvalue weighted by atomic mass is 10.0. The highest BCUT2D eigenvalue weighted by Gasteiger charge is 2.30. The van der Waals surface area contributed by atoms with E-state index in [0.29, 0.717) is 35.4 Å².